The Morgan fingerprint density at radius 3 is 2.29 bits per heavy atom. The molecule has 0 heterocycles. The van der Waals surface area contributed by atoms with Gasteiger partial charge in [0.2, 0.25) is 0 Å². The van der Waals surface area contributed by atoms with Crippen molar-refractivity contribution in [3.8, 4) is 0 Å². The molecule has 2 unspecified atom stereocenters. The van der Waals surface area contributed by atoms with Crippen LogP contribution in [0, 0.1) is 11.6 Å². The molecule has 0 bridgehead atoms. The van der Waals surface area contributed by atoms with E-state index in [-0.39, 0.29) is 5.56 Å². The van der Waals surface area contributed by atoms with Gasteiger partial charge in [0, 0.05) is 12.7 Å². The summed E-state index contributed by atoms with van der Waals surface area (Å²) in [5.41, 5.74) is 1.56. The lowest BCUT2D eigenvalue weighted by atomic mass is 9.87. The van der Waals surface area contributed by atoms with Crippen LogP contribution in [0.25, 0.3) is 0 Å². The van der Waals surface area contributed by atoms with Crippen molar-refractivity contribution in [1.29, 1.82) is 0 Å². The normalized spacial score (nSPS) is 16.6. The van der Waals surface area contributed by atoms with Gasteiger partial charge in [0.1, 0.15) is 11.6 Å². The first-order valence-corrected chi connectivity index (χ1v) is 5.45. The molecule has 96 valence electrons. The number of nitrogens with two attached hydrogens (primary N) is 1. The highest BCUT2D eigenvalue weighted by Crippen LogP contribution is 2.33. The second-order valence-corrected chi connectivity index (χ2v) is 4.11. The van der Waals surface area contributed by atoms with E-state index in [9.17, 15) is 8.78 Å². The molecule has 0 aliphatic heterocycles. The van der Waals surface area contributed by atoms with Gasteiger partial charge in [-0.05, 0) is 25.5 Å². The summed E-state index contributed by atoms with van der Waals surface area (Å²) in [6.07, 6.45) is 0.562. The Morgan fingerprint density at radius 1 is 1.41 bits per heavy atom. The minimum Gasteiger partial charge on any atom is -0.376 e. The highest BCUT2D eigenvalue weighted by atomic mass is 19.1. The maximum atomic E-state index is 13.7. The number of methoxy groups -OCH3 is 1. The van der Waals surface area contributed by atoms with Gasteiger partial charge < -0.3 is 4.74 Å². The molecule has 0 aromatic heterocycles. The molecule has 0 radical (unpaired) electrons. The van der Waals surface area contributed by atoms with Gasteiger partial charge in [-0.25, -0.2) is 14.2 Å². The molecular weight excluding hydrogens is 226 g/mol. The second-order valence-electron chi connectivity index (χ2n) is 4.11. The van der Waals surface area contributed by atoms with E-state index in [1.165, 1.54) is 25.3 Å². The van der Waals surface area contributed by atoms with Crippen molar-refractivity contribution in [1.82, 2.24) is 5.43 Å². The van der Waals surface area contributed by atoms with Crippen LogP contribution in [0.1, 0.15) is 31.9 Å². The summed E-state index contributed by atoms with van der Waals surface area (Å²) >= 11 is 0. The average molecular weight is 244 g/mol. The summed E-state index contributed by atoms with van der Waals surface area (Å²) in [7, 11) is 1.49. The molecular formula is C12H18F2N2O. The quantitative estimate of drug-likeness (QED) is 0.617. The fourth-order valence-electron chi connectivity index (χ4n) is 1.82. The van der Waals surface area contributed by atoms with Crippen molar-refractivity contribution in [2.75, 3.05) is 7.11 Å². The van der Waals surface area contributed by atoms with Crippen LogP contribution < -0.4 is 11.3 Å². The first-order chi connectivity index (χ1) is 8.00. The molecule has 0 saturated carbocycles. The Balaban J connectivity index is 3.27. The summed E-state index contributed by atoms with van der Waals surface area (Å²) in [4.78, 5) is 0. The topological polar surface area (TPSA) is 47.3 Å². The molecule has 17 heavy (non-hydrogen) atoms. The molecule has 0 aliphatic carbocycles. The molecule has 1 aromatic carbocycles. The van der Waals surface area contributed by atoms with Crippen LogP contribution >= 0.6 is 0 Å². The number of halogens is 2. The van der Waals surface area contributed by atoms with Gasteiger partial charge in [-0.15, -0.1) is 0 Å². The van der Waals surface area contributed by atoms with Crippen LogP contribution in [0.3, 0.4) is 0 Å². The van der Waals surface area contributed by atoms with Crippen LogP contribution in [-0.4, -0.2) is 12.7 Å². The maximum Gasteiger partial charge on any atom is 0.131 e. The molecule has 0 saturated heterocycles. The summed E-state index contributed by atoms with van der Waals surface area (Å²) < 4.78 is 32.7. The number of ether oxygens (including phenoxy) is 1. The molecule has 3 N–H and O–H groups in total. The van der Waals surface area contributed by atoms with Crippen molar-refractivity contribution >= 4 is 0 Å². The summed E-state index contributed by atoms with van der Waals surface area (Å²) in [5, 5.41) is 0. The number of hydrogen-bond acceptors (Lipinski definition) is 3. The van der Waals surface area contributed by atoms with Crippen molar-refractivity contribution in [3.05, 3.63) is 35.4 Å². The SMILES string of the molecule is CCC(C)(OC)C(NN)c1c(F)cccc1F. The zero-order chi connectivity index (χ0) is 13.1. The van der Waals surface area contributed by atoms with E-state index < -0.39 is 23.3 Å². The second kappa shape index (κ2) is 5.53. The maximum absolute atomic E-state index is 13.7. The van der Waals surface area contributed by atoms with Gasteiger partial charge >= 0.3 is 0 Å². The fraction of sp³-hybridized carbons (Fsp3) is 0.500. The van der Waals surface area contributed by atoms with Crippen molar-refractivity contribution in [2.24, 2.45) is 5.84 Å². The standard InChI is InChI=1S/C12H18F2N2O/c1-4-12(2,17-3)11(16-15)10-8(13)6-5-7-9(10)14/h5-7,11,16H,4,15H2,1-3H3. The minimum atomic E-state index is -0.780. The lowest BCUT2D eigenvalue weighted by Crippen LogP contribution is -2.46. The van der Waals surface area contributed by atoms with Crippen LogP contribution in [0.15, 0.2) is 18.2 Å². The van der Waals surface area contributed by atoms with Crippen LogP contribution in [0.4, 0.5) is 8.78 Å². The third-order valence-corrected chi connectivity index (χ3v) is 3.23. The zero-order valence-electron chi connectivity index (χ0n) is 10.3. The highest BCUT2D eigenvalue weighted by Gasteiger charge is 2.36. The van der Waals surface area contributed by atoms with Crippen molar-refractivity contribution in [2.45, 2.75) is 31.9 Å². The van der Waals surface area contributed by atoms with E-state index in [0.717, 1.165) is 0 Å². The van der Waals surface area contributed by atoms with Gasteiger partial charge in [0.05, 0.1) is 11.6 Å². The number of hydrogen-bond donors (Lipinski definition) is 2. The predicted octanol–water partition coefficient (Wildman–Crippen LogP) is 2.28. The number of nitrogens with one attached hydrogen (secondary N) is 1. The highest BCUT2D eigenvalue weighted by molar-refractivity contribution is 5.25. The Kier molecular flexibility index (Phi) is 4.56. The largest absolute Gasteiger partial charge is 0.376 e. The smallest absolute Gasteiger partial charge is 0.131 e. The van der Waals surface area contributed by atoms with Gasteiger partial charge in [0.15, 0.2) is 0 Å². The summed E-state index contributed by atoms with van der Waals surface area (Å²) in [5.74, 6) is 4.15. The van der Waals surface area contributed by atoms with Crippen LogP contribution in [0.2, 0.25) is 0 Å². The number of benzene rings is 1. The van der Waals surface area contributed by atoms with E-state index in [0.29, 0.717) is 6.42 Å². The van der Waals surface area contributed by atoms with E-state index in [1.807, 2.05) is 6.92 Å². The lowest BCUT2D eigenvalue weighted by molar-refractivity contribution is -0.0318. The Morgan fingerprint density at radius 2 is 1.94 bits per heavy atom. The zero-order valence-corrected chi connectivity index (χ0v) is 10.3. The summed E-state index contributed by atoms with van der Waals surface area (Å²) in [6.45, 7) is 3.62. The monoisotopic (exact) mass is 244 g/mol. The van der Waals surface area contributed by atoms with E-state index >= 15 is 0 Å². The van der Waals surface area contributed by atoms with Gasteiger partial charge in [-0.1, -0.05) is 13.0 Å². The average Bonchev–Trinajstić information content (AvgIpc) is 2.33. The molecule has 3 nitrogen and oxygen atoms in total. The van der Waals surface area contributed by atoms with Crippen molar-refractivity contribution < 1.29 is 13.5 Å². The lowest BCUT2D eigenvalue weighted by Gasteiger charge is -2.35. The van der Waals surface area contributed by atoms with E-state index in [2.05, 4.69) is 5.43 Å². The third-order valence-electron chi connectivity index (χ3n) is 3.23. The van der Waals surface area contributed by atoms with Gasteiger partial charge in [-0.3, -0.25) is 5.84 Å². The molecule has 0 spiro atoms. The molecule has 2 atom stereocenters. The number of rotatable bonds is 5. The van der Waals surface area contributed by atoms with Gasteiger partial charge in [-0.2, -0.15) is 0 Å². The van der Waals surface area contributed by atoms with Crippen molar-refractivity contribution in [3.63, 3.8) is 0 Å². The molecule has 0 amide bonds. The first kappa shape index (κ1) is 14.0. The van der Waals surface area contributed by atoms with E-state index in [4.69, 9.17) is 10.6 Å². The molecule has 5 heteroatoms. The molecule has 1 aromatic rings. The molecule has 1 rings (SSSR count). The Labute approximate surface area is 99.9 Å². The minimum absolute atomic E-state index is 0.0961. The van der Waals surface area contributed by atoms with Gasteiger partial charge in [0.25, 0.3) is 0 Å². The first-order valence-electron chi connectivity index (χ1n) is 5.45. The third kappa shape index (κ3) is 2.62. The fourth-order valence-corrected chi connectivity index (χ4v) is 1.82. The molecule has 0 aliphatic rings. The summed E-state index contributed by atoms with van der Waals surface area (Å²) in [6, 6.07) is 2.97. The van der Waals surface area contributed by atoms with Crippen LogP contribution in [0.5, 0.6) is 0 Å². The number of hydrazine groups is 1. The van der Waals surface area contributed by atoms with Crippen LogP contribution in [-0.2, 0) is 4.74 Å². The van der Waals surface area contributed by atoms with E-state index in [1.54, 1.807) is 6.92 Å². The predicted molar refractivity (Wildman–Crippen MR) is 62.1 cm³/mol. The Bertz CT molecular complexity index is 361. The Hall–Kier alpha value is -1.04. The molecule has 0 fully saturated rings.